The quantitative estimate of drug-likeness (QED) is 0.612. The summed E-state index contributed by atoms with van der Waals surface area (Å²) in [4.78, 5) is 12.4. The first-order chi connectivity index (χ1) is 9.61. The first kappa shape index (κ1) is 14.1. The SMILES string of the molecule is COc1cc(C)cc(C)c1C(=O)/C=C/c1ccccc1. The molecule has 0 bridgehead atoms. The number of allylic oxidation sites excluding steroid dienone is 1. The third-order valence-electron chi connectivity index (χ3n) is 3.14. The molecule has 2 heteroatoms. The van der Waals surface area contributed by atoms with Crippen LogP contribution in [0.15, 0.2) is 48.5 Å². The molecule has 0 saturated heterocycles. The van der Waals surface area contributed by atoms with E-state index in [0.29, 0.717) is 11.3 Å². The van der Waals surface area contributed by atoms with Crippen LogP contribution in [0.2, 0.25) is 0 Å². The van der Waals surface area contributed by atoms with E-state index in [0.717, 1.165) is 16.7 Å². The highest BCUT2D eigenvalue weighted by atomic mass is 16.5. The lowest BCUT2D eigenvalue weighted by Gasteiger charge is -2.10. The molecule has 0 amide bonds. The Kier molecular flexibility index (Phi) is 4.36. The summed E-state index contributed by atoms with van der Waals surface area (Å²) in [6, 6.07) is 13.6. The molecule has 0 unspecified atom stereocenters. The normalized spacial score (nSPS) is 10.8. The van der Waals surface area contributed by atoms with Crippen LogP contribution in [-0.4, -0.2) is 12.9 Å². The van der Waals surface area contributed by atoms with Gasteiger partial charge in [-0.05, 0) is 42.7 Å². The lowest BCUT2D eigenvalue weighted by atomic mass is 10.00. The number of aryl methyl sites for hydroxylation is 2. The zero-order valence-corrected chi connectivity index (χ0v) is 12.0. The van der Waals surface area contributed by atoms with Crippen molar-refractivity contribution in [3.8, 4) is 5.75 Å². The maximum absolute atomic E-state index is 12.4. The fraction of sp³-hybridized carbons (Fsp3) is 0.167. The number of hydrogen-bond donors (Lipinski definition) is 0. The fourth-order valence-electron chi connectivity index (χ4n) is 2.22. The van der Waals surface area contributed by atoms with Gasteiger partial charge in [0.05, 0.1) is 12.7 Å². The molecule has 2 aromatic rings. The maximum atomic E-state index is 12.4. The van der Waals surface area contributed by atoms with Crippen LogP contribution in [0, 0.1) is 13.8 Å². The molecule has 0 aliphatic rings. The molecule has 0 aromatic heterocycles. The Hall–Kier alpha value is -2.35. The molecule has 0 aliphatic heterocycles. The Morgan fingerprint density at radius 3 is 2.45 bits per heavy atom. The number of ether oxygens (including phenoxy) is 1. The number of carbonyl (C=O) groups is 1. The Morgan fingerprint density at radius 1 is 1.10 bits per heavy atom. The van der Waals surface area contributed by atoms with Gasteiger partial charge in [0, 0.05) is 0 Å². The van der Waals surface area contributed by atoms with E-state index in [1.54, 1.807) is 13.2 Å². The molecule has 20 heavy (non-hydrogen) atoms. The van der Waals surface area contributed by atoms with Gasteiger partial charge in [0.15, 0.2) is 5.78 Å². The smallest absolute Gasteiger partial charge is 0.189 e. The highest BCUT2D eigenvalue weighted by Gasteiger charge is 2.13. The average molecular weight is 266 g/mol. The van der Waals surface area contributed by atoms with Crippen LogP contribution >= 0.6 is 0 Å². The molecule has 2 nitrogen and oxygen atoms in total. The van der Waals surface area contributed by atoms with Crippen LogP contribution in [0.25, 0.3) is 6.08 Å². The van der Waals surface area contributed by atoms with Crippen molar-refractivity contribution in [1.82, 2.24) is 0 Å². The Labute approximate surface area is 119 Å². The lowest BCUT2D eigenvalue weighted by molar-refractivity contribution is 0.104. The van der Waals surface area contributed by atoms with Crippen LogP contribution in [0.1, 0.15) is 27.0 Å². The minimum absolute atomic E-state index is 0.0387. The zero-order valence-electron chi connectivity index (χ0n) is 12.0. The second-order valence-electron chi connectivity index (χ2n) is 4.77. The molecular weight excluding hydrogens is 248 g/mol. The van der Waals surface area contributed by atoms with E-state index >= 15 is 0 Å². The van der Waals surface area contributed by atoms with E-state index in [-0.39, 0.29) is 5.78 Å². The summed E-state index contributed by atoms with van der Waals surface area (Å²) in [5, 5.41) is 0. The van der Waals surface area contributed by atoms with Crippen molar-refractivity contribution in [3.63, 3.8) is 0 Å². The van der Waals surface area contributed by atoms with Crippen molar-refractivity contribution in [2.45, 2.75) is 13.8 Å². The molecule has 0 atom stereocenters. The number of hydrogen-bond acceptors (Lipinski definition) is 2. The molecule has 0 radical (unpaired) electrons. The second-order valence-corrected chi connectivity index (χ2v) is 4.77. The molecule has 0 heterocycles. The van der Waals surface area contributed by atoms with Gasteiger partial charge in [-0.15, -0.1) is 0 Å². The monoisotopic (exact) mass is 266 g/mol. The standard InChI is InChI=1S/C18H18O2/c1-13-11-14(2)18(17(12-13)20-3)16(19)10-9-15-7-5-4-6-8-15/h4-12H,1-3H3/b10-9+. The number of methoxy groups -OCH3 is 1. The van der Waals surface area contributed by atoms with Gasteiger partial charge in [-0.1, -0.05) is 42.5 Å². The highest BCUT2D eigenvalue weighted by Crippen LogP contribution is 2.25. The van der Waals surface area contributed by atoms with E-state index in [9.17, 15) is 4.79 Å². The van der Waals surface area contributed by atoms with Gasteiger partial charge in [0.25, 0.3) is 0 Å². The van der Waals surface area contributed by atoms with Crippen LogP contribution in [0.4, 0.5) is 0 Å². The van der Waals surface area contributed by atoms with E-state index in [1.807, 2.05) is 62.4 Å². The minimum Gasteiger partial charge on any atom is -0.496 e. The van der Waals surface area contributed by atoms with Crippen molar-refractivity contribution < 1.29 is 9.53 Å². The Bertz CT molecular complexity index is 640. The van der Waals surface area contributed by atoms with Crippen LogP contribution in [0.5, 0.6) is 5.75 Å². The highest BCUT2D eigenvalue weighted by molar-refractivity contribution is 6.09. The van der Waals surface area contributed by atoms with Crippen molar-refractivity contribution in [3.05, 3.63) is 70.8 Å². The zero-order chi connectivity index (χ0) is 14.5. The van der Waals surface area contributed by atoms with E-state index < -0.39 is 0 Å². The van der Waals surface area contributed by atoms with Crippen molar-refractivity contribution in [2.75, 3.05) is 7.11 Å². The molecular formula is C18H18O2. The van der Waals surface area contributed by atoms with Gasteiger partial charge >= 0.3 is 0 Å². The largest absolute Gasteiger partial charge is 0.496 e. The second kappa shape index (κ2) is 6.20. The van der Waals surface area contributed by atoms with Gasteiger partial charge < -0.3 is 4.74 Å². The van der Waals surface area contributed by atoms with Gasteiger partial charge in [-0.3, -0.25) is 4.79 Å². The minimum atomic E-state index is -0.0387. The molecule has 2 rings (SSSR count). The topological polar surface area (TPSA) is 26.3 Å². The van der Waals surface area contributed by atoms with Crippen LogP contribution in [-0.2, 0) is 0 Å². The third kappa shape index (κ3) is 3.15. The molecule has 0 saturated carbocycles. The van der Waals surface area contributed by atoms with Crippen molar-refractivity contribution in [1.29, 1.82) is 0 Å². The average Bonchev–Trinajstić information content (AvgIpc) is 2.45. The Balaban J connectivity index is 2.32. The number of rotatable bonds is 4. The third-order valence-corrected chi connectivity index (χ3v) is 3.14. The number of ketones is 1. The van der Waals surface area contributed by atoms with Gasteiger partial charge in [-0.2, -0.15) is 0 Å². The summed E-state index contributed by atoms with van der Waals surface area (Å²) >= 11 is 0. The summed E-state index contributed by atoms with van der Waals surface area (Å²) < 4.78 is 5.33. The lowest BCUT2D eigenvalue weighted by Crippen LogP contribution is -2.02. The van der Waals surface area contributed by atoms with E-state index in [2.05, 4.69) is 0 Å². The molecule has 0 spiro atoms. The maximum Gasteiger partial charge on any atom is 0.189 e. The fourth-order valence-corrected chi connectivity index (χ4v) is 2.22. The van der Waals surface area contributed by atoms with Gasteiger partial charge in [-0.25, -0.2) is 0 Å². The van der Waals surface area contributed by atoms with Crippen molar-refractivity contribution in [2.24, 2.45) is 0 Å². The summed E-state index contributed by atoms with van der Waals surface area (Å²) in [6.45, 7) is 3.92. The molecule has 0 aliphatic carbocycles. The predicted octanol–water partition coefficient (Wildman–Crippen LogP) is 4.21. The summed E-state index contributed by atoms with van der Waals surface area (Å²) in [6.07, 6.45) is 3.41. The molecule has 0 fully saturated rings. The molecule has 2 aromatic carbocycles. The Morgan fingerprint density at radius 2 is 1.80 bits per heavy atom. The van der Waals surface area contributed by atoms with E-state index in [4.69, 9.17) is 4.74 Å². The number of carbonyl (C=O) groups excluding carboxylic acids is 1. The first-order valence-corrected chi connectivity index (χ1v) is 6.54. The predicted molar refractivity (Wildman–Crippen MR) is 82.3 cm³/mol. The van der Waals surface area contributed by atoms with Crippen molar-refractivity contribution >= 4 is 11.9 Å². The van der Waals surface area contributed by atoms with Gasteiger partial charge in [0.2, 0.25) is 0 Å². The van der Waals surface area contributed by atoms with Crippen LogP contribution in [0.3, 0.4) is 0 Å². The molecule has 102 valence electrons. The first-order valence-electron chi connectivity index (χ1n) is 6.54. The molecule has 0 N–H and O–H groups in total. The summed E-state index contributed by atoms with van der Waals surface area (Å²) in [7, 11) is 1.59. The number of benzene rings is 2. The van der Waals surface area contributed by atoms with Gasteiger partial charge in [0.1, 0.15) is 5.75 Å². The summed E-state index contributed by atoms with van der Waals surface area (Å²) in [5.41, 5.74) is 3.65. The van der Waals surface area contributed by atoms with E-state index in [1.165, 1.54) is 0 Å². The van der Waals surface area contributed by atoms with Crippen LogP contribution < -0.4 is 4.74 Å². The summed E-state index contributed by atoms with van der Waals surface area (Å²) in [5.74, 6) is 0.591.